The van der Waals surface area contributed by atoms with Crippen LogP contribution in [0.15, 0.2) is 16.6 Å². The van der Waals surface area contributed by atoms with Gasteiger partial charge >= 0.3 is 5.69 Å². The summed E-state index contributed by atoms with van der Waals surface area (Å²) in [6.07, 6.45) is 0.0540. The average Bonchev–Trinajstić information content (AvgIpc) is 2.39. The van der Waals surface area contributed by atoms with Crippen LogP contribution < -0.4 is 10.1 Å². The maximum Gasteiger partial charge on any atom is 0.312 e. The van der Waals surface area contributed by atoms with Gasteiger partial charge in [0.05, 0.1) is 23.5 Å². The minimum absolute atomic E-state index is 0.0470. The van der Waals surface area contributed by atoms with Crippen LogP contribution >= 0.6 is 15.9 Å². The van der Waals surface area contributed by atoms with Crippen molar-refractivity contribution in [1.29, 1.82) is 0 Å². The molecule has 0 atom stereocenters. The number of nitrogens with one attached hydrogen (secondary N) is 1. The number of nitro groups is 1. The first-order chi connectivity index (χ1) is 9.86. The van der Waals surface area contributed by atoms with Gasteiger partial charge in [0.2, 0.25) is 11.7 Å². The number of hydrogen-bond donors (Lipinski definition) is 1. The first kappa shape index (κ1) is 17.1. The number of amides is 1. The SMILES string of the molecule is CCNC(=O)CCOc1c(C(C)=O)cc(Br)cc1[N+](=O)[O-]. The zero-order valence-corrected chi connectivity index (χ0v) is 13.2. The third-order valence-corrected chi connectivity index (χ3v) is 3.02. The van der Waals surface area contributed by atoms with Crippen molar-refractivity contribution in [3.8, 4) is 5.75 Å². The molecule has 0 saturated heterocycles. The van der Waals surface area contributed by atoms with Crippen molar-refractivity contribution in [3.05, 3.63) is 32.3 Å². The minimum Gasteiger partial charge on any atom is -0.486 e. The number of nitro benzene ring substituents is 1. The molecule has 0 saturated carbocycles. The van der Waals surface area contributed by atoms with Crippen LogP contribution in [0, 0.1) is 10.1 Å². The van der Waals surface area contributed by atoms with E-state index in [0.717, 1.165) is 0 Å². The highest BCUT2D eigenvalue weighted by Crippen LogP contribution is 2.35. The monoisotopic (exact) mass is 358 g/mol. The molecule has 0 spiro atoms. The van der Waals surface area contributed by atoms with Gasteiger partial charge in [-0.05, 0) is 19.9 Å². The van der Waals surface area contributed by atoms with Crippen molar-refractivity contribution in [2.24, 2.45) is 0 Å². The van der Waals surface area contributed by atoms with E-state index in [4.69, 9.17) is 4.74 Å². The molecule has 0 aromatic heterocycles. The molecule has 0 fully saturated rings. The fourth-order valence-electron chi connectivity index (χ4n) is 1.66. The lowest BCUT2D eigenvalue weighted by molar-refractivity contribution is -0.386. The molecule has 0 heterocycles. The Bertz CT molecular complexity index is 539. The van der Waals surface area contributed by atoms with Gasteiger partial charge in [0.25, 0.3) is 0 Å². The molecule has 0 unspecified atom stereocenters. The van der Waals surface area contributed by atoms with Gasteiger partial charge in [-0.15, -0.1) is 0 Å². The molecule has 1 amide bonds. The number of carbonyl (C=O) groups is 2. The van der Waals surface area contributed by atoms with E-state index in [1.165, 1.54) is 19.1 Å². The van der Waals surface area contributed by atoms with Crippen LogP contribution in [0.25, 0.3) is 0 Å². The molecule has 0 aliphatic heterocycles. The van der Waals surface area contributed by atoms with E-state index in [0.29, 0.717) is 11.0 Å². The average molecular weight is 359 g/mol. The van der Waals surface area contributed by atoms with Crippen molar-refractivity contribution < 1.29 is 19.2 Å². The zero-order chi connectivity index (χ0) is 16.0. The van der Waals surface area contributed by atoms with Gasteiger partial charge in [-0.3, -0.25) is 19.7 Å². The Morgan fingerprint density at radius 3 is 2.62 bits per heavy atom. The second kappa shape index (κ2) is 7.72. The van der Waals surface area contributed by atoms with Gasteiger partial charge in [-0.2, -0.15) is 0 Å². The maximum absolute atomic E-state index is 11.6. The number of carbonyl (C=O) groups excluding carboxylic acids is 2. The molecule has 0 bridgehead atoms. The van der Waals surface area contributed by atoms with E-state index in [1.54, 1.807) is 6.92 Å². The predicted molar refractivity (Wildman–Crippen MR) is 79.6 cm³/mol. The van der Waals surface area contributed by atoms with Crippen molar-refractivity contribution in [2.45, 2.75) is 20.3 Å². The highest BCUT2D eigenvalue weighted by Gasteiger charge is 2.23. The molecular weight excluding hydrogens is 344 g/mol. The van der Waals surface area contributed by atoms with Gasteiger partial charge < -0.3 is 10.1 Å². The van der Waals surface area contributed by atoms with E-state index < -0.39 is 4.92 Å². The zero-order valence-electron chi connectivity index (χ0n) is 11.6. The second-order valence-electron chi connectivity index (χ2n) is 4.17. The first-order valence-electron chi connectivity index (χ1n) is 6.25. The number of nitrogens with zero attached hydrogens (tertiary/aromatic N) is 1. The Morgan fingerprint density at radius 1 is 1.43 bits per heavy atom. The molecule has 1 N–H and O–H groups in total. The van der Waals surface area contributed by atoms with Crippen LogP contribution in [0.2, 0.25) is 0 Å². The Labute approximate surface area is 129 Å². The molecule has 0 aliphatic carbocycles. The Hall–Kier alpha value is -1.96. The van der Waals surface area contributed by atoms with Crippen LogP contribution in [-0.2, 0) is 4.79 Å². The summed E-state index contributed by atoms with van der Waals surface area (Å²) in [5.74, 6) is -0.686. The lowest BCUT2D eigenvalue weighted by Crippen LogP contribution is -2.24. The Kier molecular flexibility index (Phi) is 6.29. The number of rotatable bonds is 7. The van der Waals surface area contributed by atoms with Crippen molar-refractivity contribution in [1.82, 2.24) is 5.32 Å². The van der Waals surface area contributed by atoms with Gasteiger partial charge in [-0.1, -0.05) is 15.9 Å². The van der Waals surface area contributed by atoms with Crippen molar-refractivity contribution in [2.75, 3.05) is 13.2 Å². The fourth-order valence-corrected chi connectivity index (χ4v) is 2.11. The van der Waals surface area contributed by atoms with Crippen LogP contribution in [-0.4, -0.2) is 29.8 Å². The number of halogens is 1. The van der Waals surface area contributed by atoms with E-state index in [2.05, 4.69) is 21.2 Å². The molecule has 1 rings (SSSR count). The van der Waals surface area contributed by atoms with E-state index in [-0.39, 0.29) is 41.7 Å². The van der Waals surface area contributed by atoms with Crippen LogP contribution in [0.4, 0.5) is 5.69 Å². The smallest absolute Gasteiger partial charge is 0.312 e. The van der Waals surface area contributed by atoms with E-state index in [1.807, 2.05) is 0 Å². The Balaban J connectivity index is 3.00. The highest BCUT2D eigenvalue weighted by atomic mass is 79.9. The minimum atomic E-state index is -0.626. The summed E-state index contributed by atoms with van der Waals surface area (Å²) >= 11 is 3.12. The summed E-state index contributed by atoms with van der Waals surface area (Å²) in [5, 5.41) is 13.7. The largest absolute Gasteiger partial charge is 0.486 e. The van der Waals surface area contributed by atoms with E-state index in [9.17, 15) is 19.7 Å². The summed E-state index contributed by atoms with van der Waals surface area (Å²) < 4.78 is 5.73. The van der Waals surface area contributed by atoms with Crippen LogP contribution in [0.5, 0.6) is 5.75 Å². The predicted octanol–water partition coefficient (Wildman–Crippen LogP) is 2.46. The number of ether oxygens (including phenoxy) is 1. The molecular formula is C13H15BrN2O5. The number of hydrogen-bond acceptors (Lipinski definition) is 5. The molecule has 1 aromatic rings. The number of ketones is 1. The third kappa shape index (κ3) is 4.82. The topological polar surface area (TPSA) is 98.5 Å². The first-order valence-corrected chi connectivity index (χ1v) is 7.04. The number of Topliss-reactive ketones (excluding diaryl/α,β-unsaturated/α-hetero) is 1. The molecule has 1 aromatic carbocycles. The molecule has 8 heteroatoms. The van der Waals surface area contributed by atoms with Gasteiger partial charge in [0.1, 0.15) is 0 Å². The maximum atomic E-state index is 11.6. The molecule has 21 heavy (non-hydrogen) atoms. The summed E-state index contributed by atoms with van der Waals surface area (Å²) in [7, 11) is 0. The summed E-state index contributed by atoms with van der Waals surface area (Å²) in [6.45, 7) is 3.53. The van der Waals surface area contributed by atoms with Gasteiger partial charge in [0, 0.05) is 17.1 Å². The quantitative estimate of drug-likeness (QED) is 0.458. The van der Waals surface area contributed by atoms with Gasteiger partial charge in [-0.25, -0.2) is 0 Å². The molecule has 0 radical (unpaired) electrons. The van der Waals surface area contributed by atoms with Gasteiger partial charge in [0.15, 0.2) is 5.78 Å². The fraction of sp³-hybridized carbons (Fsp3) is 0.385. The van der Waals surface area contributed by atoms with Crippen LogP contribution in [0.3, 0.4) is 0 Å². The molecule has 114 valence electrons. The molecule has 0 aliphatic rings. The summed E-state index contributed by atoms with van der Waals surface area (Å²) in [6, 6.07) is 2.71. The summed E-state index contributed by atoms with van der Waals surface area (Å²) in [4.78, 5) is 33.4. The Morgan fingerprint density at radius 2 is 2.10 bits per heavy atom. The second-order valence-corrected chi connectivity index (χ2v) is 5.08. The lowest BCUT2D eigenvalue weighted by atomic mass is 10.1. The summed E-state index contributed by atoms with van der Waals surface area (Å²) in [5.41, 5.74) is -0.211. The normalized spacial score (nSPS) is 10.0. The van der Waals surface area contributed by atoms with Crippen molar-refractivity contribution >= 4 is 33.3 Å². The lowest BCUT2D eigenvalue weighted by Gasteiger charge is -2.10. The highest BCUT2D eigenvalue weighted by molar-refractivity contribution is 9.10. The van der Waals surface area contributed by atoms with Crippen LogP contribution in [0.1, 0.15) is 30.6 Å². The standard InChI is InChI=1S/C13H15BrN2O5/c1-3-15-12(18)4-5-21-13-10(8(2)17)6-9(14)7-11(13)16(19)20/h6-7H,3-5H2,1-2H3,(H,15,18). The van der Waals surface area contributed by atoms with Crippen molar-refractivity contribution in [3.63, 3.8) is 0 Å². The molecule has 7 nitrogen and oxygen atoms in total. The third-order valence-electron chi connectivity index (χ3n) is 2.56. The van der Waals surface area contributed by atoms with E-state index >= 15 is 0 Å². The number of benzene rings is 1.